The molecule has 0 aliphatic carbocycles. The van der Waals surface area contributed by atoms with Crippen LogP contribution in [-0.4, -0.2) is 18.2 Å². The molecule has 1 aromatic carbocycles. The summed E-state index contributed by atoms with van der Waals surface area (Å²) in [5, 5.41) is 9.86. The Morgan fingerprint density at radius 1 is 1.31 bits per heavy atom. The zero-order valence-electron chi connectivity index (χ0n) is 10.2. The van der Waals surface area contributed by atoms with Gasteiger partial charge in [0, 0.05) is 0 Å². The van der Waals surface area contributed by atoms with Gasteiger partial charge in [0.15, 0.2) is 6.10 Å². The number of ether oxygens (including phenoxy) is 1. The third kappa shape index (κ3) is 2.61. The standard InChI is InChI=1S/C13H18O3/c1-13(2,3)10-8-6-5-7-9(10)11(14)12(15)16-4/h5-8,11,14H,1-4H3. The summed E-state index contributed by atoms with van der Waals surface area (Å²) >= 11 is 0. The number of aliphatic hydroxyl groups excluding tert-OH is 1. The lowest BCUT2D eigenvalue weighted by atomic mass is 9.82. The first-order valence-electron chi connectivity index (χ1n) is 5.23. The highest BCUT2D eigenvalue weighted by Gasteiger charge is 2.25. The highest BCUT2D eigenvalue weighted by molar-refractivity contribution is 5.76. The largest absolute Gasteiger partial charge is 0.467 e. The molecule has 3 heteroatoms. The molecule has 0 aromatic heterocycles. The summed E-state index contributed by atoms with van der Waals surface area (Å²) in [6, 6.07) is 7.37. The van der Waals surface area contributed by atoms with E-state index in [1.807, 2.05) is 32.9 Å². The van der Waals surface area contributed by atoms with Crippen LogP contribution >= 0.6 is 0 Å². The van der Waals surface area contributed by atoms with Crippen molar-refractivity contribution in [1.82, 2.24) is 0 Å². The molecule has 0 heterocycles. The second-order valence-corrected chi connectivity index (χ2v) is 4.76. The van der Waals surface area contributed by atoms with Gasteiger partial charge in [-0.1, -0.05) is 45.0 Å². The molecule has 0 amide bonds. The zero-order chi connectivity index (χ0) is 12.3. The maximum absolute atomic E-state index is 11.3. The number of methoxy groups -OCH3 is 1. The summed E-state index contributed by atoms with van der Waals surface area (Å²) in [6.07, 6.45) is -1.21. The van der Waals surface area contributed by atoms with Crippen molar-refractivity contribution in [3.63, 3.8) is 0 Å². The van der Waals surface area contributed by atoms with Crippen LogP contribution in [0.3, 0.4) is 0 Å². The van der Waals surface area contributed by atoms with Gasteiger partial charge in [-0.15, -0.1) is 0 Å². The molecule has 1 atom stereocenters. The molecule has 1 N–H and O–H groups in total. The Hall–Kier alpha value is -1.35. The number of carbonyl (C=O) groups excluding carboxylic acids is 1. The van der Waals surface area contributed by atoms with E-state index in [1.165, 1.54) is 7.11 Å². The van der Waals surface area contributed by atoms with Gasteiger partial charge in [-0.05, 0) is 16.5 Å². The molecule has 0 saturated carbocycles. The average molecular weight is 222 g/mol. The predicted molar refractivity (Wildman–Crippen MR) is 62.1 cm³/mol. The first kappa shape index (κ1) is 12.7. The SMILES string of the molecule is COC(=O)C(O)c1ccccc1C(C)(C)C. The number of benzene rings is 1. The van der Waals surface area contributed by atoms with E-state index >= 15 is 0 Å². The molecule has 0 fully saturated rings. The summed E-state index contributed by atoms with van der Waals surface area (Å²) in [5.41, 5.74) is 1.45. The van der Waals surface area contributed by atoms with Crippen LogP contribution in [0.1, 0.15) is 38.0 Å². The smallest absolute Gasteiger partial charge is 0.339 e. The number of carbonyl (C=O) groups is 1. The number of hydrogen-bond donors (Lipinski definition) is 1. The predicted octanol–water partition coefficient (Wildman–Crippen LogP) is 2.19. The lowest BCUT2D eigenvalue weighted by Gasteiger charge is -2.24. The zero-order valence-corrected chi connectivity index (χ0v) is 10.2. The summed E-state index contributed by atoms with van der Waals surface area (Å²) in [4.78, 5) is 11.3. The normalized spacial score (nSPS) is 13.3. The number of esters is 1. The fourth-order valence-electron chi connectivity index (χ4n) is 1.66. The molecular formula is C13H18O3. The van der Waals surface area contributed by atoms with Gasteiger partial charge in [0.2, 0.25) is 0 Å². The Balaban J connectivity index is 3.19. The first-order chi connectivity index (χ1) is 7.38. The van der Waals surface area contributed by atoms with E-state index in [2.05, 4.69) is 4.74 Å². The topological polar surface area (TPSA) is 46.5 Å². The minimum atomic E-state index is -1.21. The maximum atomic E-state index is 11.3. The van der Waals surface area contributed by atoms with E-state index in [4.69, 9.17) is 0 Å². The Morgan fingerprint density at radius 3 is 2.38 bits per heavy atom. The Bertz CT molecular complexity index is 377. The van der Waals surface area contributed by atoms with Gasteiger partial charge < -0.3 is 9.84 Å². The third-order valence-electron chi connectivity index (χ3n) is 2.49. The van der Waals surface area contributed by atoms with Crippen LogP contribution in [0.15, 0.2) is 24.3 Å². The van der Waals surface area contributed by atoms with E-state index in [0.29, 0.717) is 5.56 Å². The molecule has 16 heavy (non-hydrogen) atoms. The van der Waals surface area contributed by atoms with Gasteiger partial charge in [0.05, 0.1) is 7.11 Å². The van der Waals surface area contributed by atoms with Gasteiger partial charge in [-0.2, -0.15) is 0 Å². The van der Waals surface area contributed by atoms with Crippen molar-refractivity contribution >= 4 is 5.97 Å². The maximum Gasteiger partial charge on any atom is 0.339 e. The van der Waals surface area contributed by atoms with Crippen LogP contribution in [0.4, 0.5) is 0 Å². The van der Waals surface area contributed by atoms with Gasteiger partial charge in [0.1, 0.15) is 0 Å². The van der Waals surface area contributed by atoms with Crippen LogP contribution in [0.25, 0.3) is 0 Å². The molecule has 0 spiro atoms. The van der Waals surface area contributed by atoms with E-state index in [1.54, 1.807) is 12.1 Å². The second-order valence-electron chi connectivity index (χ2n) is 4.76. The summed E-state index contributed by atoms with van der Waals surface area (Å²) < 4.78 is 4.55. The summed E-state index contributed by atoms with van der Waals surface area (Å²) in [6.45, 7) is 6.11. The van der Waals surface area contributed by atoms with Crippen molar-refractivity contribution < 1.29 is 14.6 Å². The van der Waals surface area contributed by atoms with Crippen molar-refractivity contribution in [2.45, 2.75) is 32.3 Å². The minimum absolute atomic E-state index is 0.119. The molecule has 0 bridgehead atoms. The molecule has 1 unspecified atom stereocenters. The Morgan fingerprint density at radius 2 is 1.88 bits per heavy atom. The molecule has 0 saturated heterocycles. The lowest BCUT2D eigenvalue weighted by Crippen LogP contribution is -2.20. The molecule has 0 radical (unpaired) electrons. The van der Waals surface area contributed by atoms with Crippen LogP contribution < -0.4 is 0 Å². The first-order valence-corrected chi connectivity index (χ1v) is 5.23. The van der Waals surface area contributed by atoms with Gasteiger partial charge in [0.25, 0.3) is 0 Å². The molecule has 3 nitrogen and oxygen atoms in total. The van der Waals surface area contributed by atoms with E-state index < -0.39 is 12.1 Å². The summed E-state index contributed by atoms with van der Waals surface area (Å²) in [5.74, 6) is -0.628. The van der Waals surface area contributed by atoms with Crippen LogP contribution in [-0.2, 0) is 14.9 Å². The number of rotatable bonds is 2. The molecule has 1 aromatic rings. The van der Waals surface area contributed by atoms with Crippen molar-refractivity contribution in [2.75, 3.05) is 7.11 Å². The highest BCUT2D eigenvalue weighted by atomic mass is 16.5. The quantitative estimate of drug-likeness (QED) is 0.780. The van der Waals surface area contributed by atoms with Gasteiger partial charge in [-0.25, -0.2) is 4.79 Å². The highest BCUT2D eigenvalue weighted by Crippen LogP contribution is 2.29. The van der Waals surface area contributed by atoms with Crippen molar-refractivity contribution in [1.29, 1.82) is 0 Å². The minimum Gasteiger partial charge on any atom is -0.467 e. The Kier molecular flexibility index (Phi) is 3.70. The fraction of sp³-hybridized carbons (Fsp3) is 0.462. The van der Waals surface area contributed by atoms with Crippen LogP contribution in [0.5, 0.6) is 0 Å². The van der Waals surface area contributed by atoms with Crippen molar-refractivity contribution in [2.24, 2.45) is 0 Å². The van der Waals surface area contributed by atoms with E-state index in [0.717, 1.165) is 5.56 Å². The molecular weight excluding hydrogens is 204 g/mol. The number of aliphatic hydroxyl groups is 1. The average Bonchev–Trinajstić information content (AvgIpc) is 2.26. The van der Waals surface area contributed by atoms with Gasteiger partial charge >= 0.3 is 5.97 Å². The fourth-order valence-corrected chi connectivity index (χ4v) is 1.66. The Labute approximate surface area is 96.1 Å². The van der Waals surface area contributed by atoms with Crippen LogP contribution in [0.2, 0.25) is 0 Å². The monoisotopic (exact) mass is 222 g/mol. The van der Waals surface area contributed by atoms with Gasteiger partial charge in [-0.3, -0.25) is 0 Å². The molecule has 1 rings (SSSR count). The third-order valence-corrected chi connectivity index (χ3v) is 2.49. The molecule has 0 aliphatic rings. The number of hydrogen-bond acceptors (Lipinski definition) is 3. The van der Waals surface area contributed by atoms with Crippen molar-refractivity contribution in [3.05, 3.63) is 35.4 Å². The van der Waals surface area contributed by atoms with Crippen molar-refractivity contribution in [3.8, 4) is 0 Å². The summed E-state index contributed by atoms with van der Waals surface area (Å²) in [7, 11) is 1.27. The van der Waals surface area contributed by atoms with E-state index in [9.17, 15) is 9.90 Å². The lowest BCUT2D eigenvalue weighted by molar-refractivity contribution is -0.150. The van der Waals surface area contributed by atoms with E-state index in [-0.39, 0.29) is 5.41 Å². The van der Waals surface area contributed by atoms with Crippen LogP contribution in [0, 0.1) is 0 Å². The second kappa shape index (κ2) is 4.66. The molecule has 0 aliphatic heterocycles. The molecule has 88 valence electrons.